The summed E-state index contributed by atoms with van der Waals surface area (Å²) in [5.41, 5.74) is 23.9. The van der Waals surface area contributed by atoms with Gasteiger partial charge in [0, 0.05) is 28.2 Å². The Labute approximate surface area is 365 Å². The zero-order chi connectivity index (χ0) is 41.6. The molecule has 296 valence electrons. The van der Waals surface area contributed by atoms with Crippen molar-refractivity contribution in [3.63, 3.8) is 0 Å². The molecule has 4 nitrogen and oxygen atoms in total. The van der Waals surface area contributed by atoms with Crippen molar-refractivity contribution in [2.75, 3.05) is 4.90 Å². The highest BCUT2D eigenvalue weighted by Gasteiger charge is 2.51. The fourth-order valence-electron chi connectivity index (χ4n) is 11.9. The van der Waals surface area contributed by atoms with Gasteiger partial charge in [-0.15, -0.1) is 0 Å². The highest BCUT2D eigenvalue weighted by Crippen LogP contribution is 2.63. The van der Waals surface area contributed by atoms with E-state index in [9.17, 15) is 0 Å². The van der Waals surface area contributed by atoms with E-state index in [2.05, 4.69) is 234 Å². The van der Waals surface area contributed by atoms with Crippen LogP contribution in [0.1, 0.15) is 47.2 Å². The first-order valence-electron chi connectivity index (χ1n) is 22.0. The summed E-state index contributed by atoms with van der Waals surface area (Å²) in [6, 6.07) is 76.5. The summed E-state index contributed by atoms with van der Waals surface area (Å²) in [6.07, 6.45) is 0. The van der Waals surface area contributed by atoms with Crippen molar-refractivity contribution in [1.29, 1.82) is 0 Å². The van der Waals surface area contributed by atoms with Crippen LogP contribution < -0.4 is 4.90 Å². The average molecular weight is 805 g/mol. The largest absolute Gasteiger partial charge is 0.310 e. The van der Waals surface area contributed by atoms with Crippen molar-refractivity contribution >= 4 is 44.9 Å². The van der Waals surface area contributed by atoms with Crippen molar-refractivity contribution in [3.8, 4) is 39.1 Å². The molecule has 0 unspecified atom stereocenters. The summed E-state index contributed by atoms with van der Waals surface area (Å²) in [7, 11) is 0. The molecule has 4 heteroatoms. The summed E-state index contributed by atoms with van der Waals surface area (Å²) in [6.45, 7) is 4.74. The molecule has 11 aromatic rings. The maximum atomic E-state index is 5.24. The second kappa shape index (κ2) is 12.3. The van der Waals surface area contributed by atoms with E-state index in [1.807, 2.05) is 0 Å². The van der Waals surface area contributed by atoms with Gasteiger partial charge in [-0.05, 0) is 133 Å². The molecule has 63 heavy (non-hydrogen) atoms. The standard InChI is InChI=1S/C59H40N4/c1-58(2)47-22-10-6-18-41(47)45-31-28-38(34-51(45)58)61(40-30-33-55-56(36-40)63-54-27-15-14-26-53(54)60-57(63)62(55)37-16-4-3-5-17-37)39-29-32-46-44-21-9-13-25-50(44)59(52(46)35-39)48-23-11-7-19-42(48)43-20-8-12-24-49(43)59/h3-36H,1-2H3. The van der Waals surface area contributed by atoms with E-state index in [-0.39, 0.29) is 5.41 Å². The second-order valence-electron chi connectivity index (χ2n) is 17.9. The van der Waals surface area contributed by atoms with Gasteiger partial charge in [0.15, 0.2) is 0 Å². The van der Waals surface area contributed by atoms with Crippen molar-refractivity contribution in [3.05, 3.63) is 240 Å². The maximum Gasteiger partial charge on any atom is 0.220 e. The lowest BCUT2D eigenvalue weighted by Crippen LogP contribution is -2.26. The van der Waals surface area contributed by atoms with Crippen molar-refractivity contribution in [1.82, 2.24) is 14.0 Å². The summed E-state index contributed by atoms with van der Waals surface area (Å²) < 4.78 is 4.63. The van der Waals surface area contributed by atoms with Gasteiger partial charge < -0.3 is 4.90 Å². The van der Waals surface area contributed by atoms with Crippen LogP contribution in [-0.2, 0) is 10.8 Å². The van der Waals surface area contributed by atoms with Gasteiger partial charge in [-0.3, -0.25) is 8.97 Å². The Bertz CT molecular complexity index is 3670. The summed E-state index contributed by atoms with van der Waals surface area (Å²) in [4.78, 5) is 7.74. The molecule has 2 heterocycles. The van der Waals surface area contributed by atoms with E-state index >= 15 is 0 Å². The molecular formula is C59H40N4. The summed E-state index contributed by atoms with van der Waals surface area (Å²) in [5, 5.41) is 0. The molecule has 9 aromatic carbocycles. The van der Waals surface area contributed by atoms with E-state index in [0.29, 0.717) is 0 Å². The molecule has 3 aliphatic carbocycles. The van der Waals surface area contributed by atoms with Crippen LogP contribution in [0.2, 0.25) is 0 Å². The summed E-state index contributed by atoms with van der Waals surface area (Å²) >= 11 is 0. The zero-order valence-corrected chi connectivity index (χ0v) is 34.9. The Morgan fingerprint density at radius 3 is 1.51 bits per heavy atom. The zero-order valence-electron chi connectivity index (χ0n) is 34.9. The fraction of sp³-hybridized carbons (Fsp3) is 0.0678. The highest BCUT2D eigenvalue weighted by atomic mass is 15.2. The average Bonchev–Trinajstić information content (AvgIpc) is 4.09. The topological polar surface area (TPSA) is 25.5 Å². The van der Waals surface area contributed by atoms with Crippen LogP contribution in [0, 0.1) is 0 Å². The van der Waals surface area contributed by atoms with Crippen molar-refractivity contribution < 1.29 is 0 Å². The number of rotatable bonds is 4. The predicted octanol–water partition coefficient (Wildman–Crippen LogP) is 14.6. The van der Waals surface area contributed by atoms with Crippen LogP contribution in [0.4, 0.5) is 17.1 Å². The smallest absolute Gasteiger partial charge is 0.220 e. The molecule has 3 aliphatic rings. The monoisotopic (exact) mass is 804 g/mol. The number of aromatic nitrogens is 3. The molecule has 0 aliphatic heterocycles. The molecule has 1 spiro atoms. The molecular weight excluding hydrogens is 765 g/mol. The minimum absolute atomic E-state index is 0.159. The van der Waals surface area contributed by atoms with Crippen LogP contribution >= 0.6 is 0 Å². The number of imidazole rings is 2. The third-order valence-corrected chi connectivity index (χ3v) is 14.5. The van der Waals surface area contributed by atoms with Gasteiger partial charge in [0.25, 0.3) is 0 Å². The molecule has 0 atom stereocenters. The van der Waals surface area contributed by atoms with Crippen LogP contribution in [0.3, 0.4) is 0 Å². The molecule has 14 rings (SSSR count). The minimum atomic E-state index is -0.457. The number of nitrogens with zero attached hydrogens (tertiary/aromatic N) is 4. The van der Waals surface area contributed by atoms with Gasteiger partial charge in [0.2, 0.25) is 5.78 Å². The molecule has 0 N–H and O–H groups in total. The van der Waals surface area contributed by atoms with Crippen molar-refractivity contribution in [2.45, 2.75) is 24.7 Å². The lowest BCUT2D eigenvalue weighted by molar-refractivity contribution is 0.660. The number of para-hydroxylation sites is 3. The van der Waals surface area contributed by atoms with E-state index in [1.54, 1.807) is 0 Å². The van der Waals surface area contributed by atoms with Crippen molar-refractivity contribution in [2.24, 2.45) is 0 Å². The van der Waals surface area contributed by atoms with Crippen LogP contribution in [0.5, 0.6) is 0 Å². The van der Waals surface area contributed by atoms with E-state index in [1.165, 1.54) is 66.8 Å². The molecule has 0 bridgehead atoms. The third kappa shape index (κ3) is 4.42. The molecule has 0 radical (unpaired) electrons. The predicted molar refractivity (Wildman–Crippen MR) is 258 cm³/mol. The summed E-state index contributed by atoms with van der Waals surface area (Å²) in [5.74, 6) is 0.897. The minimum Gasteiger partial charge on any atom is -0.310 e. The molecule has 0 amide bonds. The molecule has 0 saturated carbocycles. The number of hydrogen-bond donors (Lipinski definition) is 0. The molecule has 0 saturated heterocycles. The fourth-order valence-corrected chi connectivity index (χ4v) is 11.9. The van der Waals surface area contributed by atoms with Gasteiger partial charge in [0.05, 0.1) is 27.5 Å². The quantitative estimate of drug-likeness (QED) is 0.177. The molecule has 2 aromatic heterocycles. The first-order valence-corrected chi connectivity index (χ1v) is 22.0. The van der Waals surface area contributed by atoms with Gasteiger partial charge in [-0.25, -0.2) is 4.98 Å². The Balaban J connectivity index is 1.06. The lowest BCUT2D eigenvalue weighted by atomic mass is 9.70. The number of fused-ring (bicyclic) bond motifs is 18. The van der Waals surface area contributed by atoms with Crippen LogP contribution in [0.15, 0.2) is 206 Å². The van der Waals surface area contributed by atoms with E-state index in [4.69, 9.17) is 4.98 Å². The van der Waals surface area contributed by atoms with Crippen LogP contribution in [-0.4, -0.2) is 14.0 Å². The van der Waals surface area contributed by atoms with E-state index in [0.717, 1.165) is 50.6 Å². The van der Waals surface area contributed by atoms with Gasteiger partial charge >= 0.3 is 0 Å². The maximum absolute atomic E-state index is 5.24. The second-order valence-corrected chi connectivity index (χ2v) is 17.9. The first kappa shape index (κ1) is 34.7. The van der Waals surface area contributed by atoms with Crippen LogP contribution in [0.25, 0.3) is 66.9 Å². The number of anilines is 3. The van der Waals surface area contributed by atoms with Gasteiger partial charge in [-0.2, -0.15) is 0 Å². The highest BCUT2D eigenvalue weighted by molar-refractivity contribution is 5.98. The number of hydrogen-bond acceptors (Lipinski definition) is 2. The van der Waals surface area contributed by atoms with E-state index < -0.39 is 5.41 Å². The Kier molecular flexibility index (Phi) is 6.80. The third-order valence-electron chi connectivity index (χ3n) is 14.5. The van der Waals surface area contributed by atoms with Gasteiger partial charge in [-0.1, -0.05) is 153 Å². The normalized spacial score (nSPS) is 14.4. The Hall–Kier alpha value is -7.95. The van der Waals surface area contributed by atoms with Gasteiger partial charge in [0.1, 0.15) is 0 Å². The Morgan fingerprint density at radius 2 is 0.857 bits per heavy atom. The Morgan fingerprint density at radius 1 is 0.381 bits per heavy atom. The first-order chi connectivity index (χ1) is 31.0. The number of benzene rings is 9. The lowest BCUT2D eigenvalue weighted by Gasteiger charge is -2.32. The molecule has 0 fully saturated rings. The SMILES string of the molecule is CC1(C)c2ccccc2-c2ccc(N(c3ccc4c(c3)C3(c5ccccc5-c5ccccc53)c3ccccc3-4)c3ccc4c(c3)n3c5ccccc5nc3n4-c3ccccc3)cc21.